The van der Waals surface area contributed by atoms with Gasteiger partial charge < -0.3 is 39.8 Å². The largest absolute Gasteiger partial charge is 1.00 e. The Balaban J connectivity index is 0.000000561. The second-order valence-corrected chi connectivity index (χ2v) is 17.6. The molecule has 4 rings (SSSR count). The van der Waals surface area contributed by atoms with Crippen LogP contribution in [0, 0.1) is 76.3 Å². The number of carbonyl (C=O) groups excluding carboxylic acids is 2. The number of benzene rings is 4. The molecule has 58 heavy (non-hydrogen) atoms. The van der Waals surface area contributed by atoms with Crippen LogP contribution in [0.25, 0.3) is 22.3 Å². The number of aliphatic carboxylic acids is 2. The molecular weight excluding hydrogens is 778 g/mol. The van der Waals surface area contributed by atoms with Gasteiger partial charge in [0, 0.05) is 35.9 Å². The van der Waals surface area contributed by atoms with E-state index in [0.29, 0.717) is 33.4 Å². The molecule has 0 heterocycles. The van der Waals surface area contributed by atoms with E-state index in [9.17, 15) is 57.7 Å². The van der Waals surface area contributed by atoms with E-state index < -0.39 is 64.0 Å². The van der Waals surface area contributed by atoms with Crippen LogP contribution in [0.3, 0.4) is 0 Å². The molecule has 4 N–H and O–H groups in total. The first-order valence-electron chi connectivity index (χ1n) is 17.2. The Hall–Kier alpha value is -3.71. The van der Waals surface area contributed by atoms with E-state index in [4.69, 9.17) is 0 Å². The Morgan fingerprint density at radius 2 is 0.931 bits per heavy atom. The van der Waals surface area contributed by atoms with Crippen LogP contribution in [0.4, 0.5) is 8.78 Å². The van der Waals surface area contributed by atoms with Gasteiger partial charge in [0.25, 0.3) is 14.7 Å². The molecule has 0 saturated heterocycles. The summed E-state index contributed by atoms with van der Waals surface area (Å²) < 4.78 is 51.8. The number of aryl methyl sites for hydroxylation is 6. The fourth-order valence-electron chi connectivity index (χ4n) is 5.81. The van der Waals surface area contributed by atoms with Gasteiger partial charge in [-0.1, -0.05) is 59.4 Å². The average Bonchev–Trinajstić information content (AvgIpc) is 3.04. The van der Waals surface area contributed by atoms with Gasteiger partial charge in [-0.2, -0.15) is 0 Å². The van der Waals surface area contributed by atoms with E-state index >= 15 is 0 Å². The van der Waals surface area contributed by atoms with Crippen LogP contribution in [0.2, 0.25) is 0 Å². The number of carbonyl (C=O) groups is 2. The van der Waals surface area contributed by atoms with Gasteiger partial charge in [0.15, 0.2) is 0 Å². The van der Waals surface area contributed by atoms with Crippen molar-refractivity contribution in [2.45, 2.75) is 66.6 Å². The van der Waals surface area contributed by atoms with E-state index in [1.807, 2.05) is 52.0 Å². The topological polar surface area (TPSA) is 195 Å². The quantitative estimate of drug-likeness (QED) is 0.0877. The Kier molecular flexibility index (Phi) is 20.4. The average molecular weight is 821 g/mol. The van der Waals surface area contributed by atoms with Crippen LogP contribution in [0.15, 0.2) is 60.7 Å². The summed E-state index contributed by atoms with van der Waals surface area (Å²) in [5.74, 6) is 1.74. The van der Waals surface area contributed by atoms with Gasteiger partial charge in [-0.05, 0) is 122 Å². The molecule has 4 atom stereocenters. The first-order valence-corrected chi connectivity index (χ1v) is 20.9. The number of aliphatic hydroxyl groups is 2. The van der Waals surface area contributed by atoms with Gasteiger partial charge in [-0.3, -0.25) is 9.13 Å². The summed E-state index contributed by atoms with van der Waals surface area (Å²) in [4.78, 5) is 41.0. The first-order chi connectivity index (χ1) is 26.0. The number of halogens is 2. The van der Waals surface area contributed by atoms with E-state index in [2.05, 4.69) is 23.2 Å². The molecule has 2 unspecified atom stereocenters. The number of hydrogen-bond acceptors (Lipinski definition) is 8. The predicted molar refractivity (Wildman–Crippen MR) is 206 cm³/mol. The number of carboxylic acid groups (broad SMARTS) is 2. The van der Waals surface area contributed by atoms with Crippen LogP contribution in [-0.4, -0.2) is 56.5 Å². The molecule has 0 saturated carbocycles. The molecule has 16 heteroatoms. The Morgan fingerprint density at radius 3 is 1.22 bits per heavy atom. The zero-order chi connectivity index (χ0) is 42.1. The summed E-state index contributed by atoms with van der Waals surface area (Å²) in [5, 5.41) is 40.2. The van der Waals surface area contributed by atoms with Gasteiger partial charge in [0.2, 0.25) is 0 Å². The summed E-state index contributed by atoms with van der Waals surface area (Å²) >= 11 is 0. The maximum Gasteiger partial charge on any atom is 1.00 e. The third-order valence-electron chi connectivity index (χ3n) is 8.33. The van der Waals surface area contributed by atoms with Crippen molar-refractivity contribution in [2.75, 3.05) is 12.3 Å². The van der Waals surface area contributed by atoms with E-state index in [-0.39, 0.29) is 49.4 Å². The van der Waals surface area contributed by atoms with Gasteiger partial charge in [0.05, 0.1) is 24.5 Å². The van der Waals surface area contributed by atoms with Crippen molar-refractivity contribution in [3.8, 4) is 45.4 Å². The minimum atomic E-state index is -4.09. The van der Waals surface area contributed by atoms with Crippen LogP contribution in [0.5, 0.6) is 0 Å². The summed E-state index contributed by atoms with van der Waals surface area (Å²) in [6, 6.07) is 16.8. The molecule has 0 bridgehead atoms. The molecule has 4 aromatic carbocycles. The van der Waals surface area contributed by atoms with E-state index in [0.717, 1.165) is 33.4 Å². The Labute approximate surface area is 361 Å². The standard InChI is InChI=1S/2C21H22FO5P.2Li/c2*1-13-8-14(2)18(6-7-28(26,27)12-17(23)11-21(24)25)19(9-13)16-4-5-20(22)15(3)10-16;;/h2*4-5,8-10,17,23H,11-12H2,1-3H3,(H,24,25)(H,26,27);;/q;;2*+1/p-2/t2*17-;;/m00../s1. The molecule has 0 fully saturated rings. The molecule has 0 radical (unpaired) electrons. The van der Waals surface area contributed by atoms with Crippen molar-refractivity contribution in [3.63, 3.8) is 0 Å². The maximum atomic E-state index is 13.6. The van der Waals surface area contributed by atoms with Crippen molar-refractivity contribution in [1.29, 1.82) is 0 Å². The zero-order valence-corrected chi connectivity index (χ0v) is 35.4. The monoisotopic (exact) mass is 820 g/mol. The van der Waals surface area contributed by atoms with Crippen molar-refractivity contribution in [3.05, 3.63) is 117 Å². The molecule has 0 amide bonds. The van der Waals surface area contributed by atoms with Gasteiger partial charge in [0.1, 0.15) is 11.6 Å². The van der Waals surface area contributed by atoms with Crippen molar-refractivity contribution in [2.24, 2.45) is 0 Å². The summed E-state index contributed by atoms with van der Waals surface area (Å²) in [6.45, 7) is 10.7. The Morgan fingerprint density at radius 1 is 0.603 bits per heavy atom. The molecule has 10 nitrogen and oxygen atoms in total. The molecule has 0 spiro atoms. The maximum absolute atomic E-state index is 13.6. The normalized spacial score (nSPS) is 13.4. The van der Waals surface area contributed by atoms with Gasteiger partial charge >= 0.3 is 37.7 Å². The number of aliphatic hydroxyl groups excluding tert-OH is 2. The van der Waals surface area contributed by atoms with Crippen LogP contribution < -0.4 is 47.9 Å². The van der Waals surface area contributed by atoms with Crippen LogP contribution in [0.1, 0.15) is 57.3 Å². The first kappa shape index (κ1) is 52.3. The predicted octanol–water partition coefficient (Wildman–Crippen LogP) is -0.995. The van der Waals surface area contributed by atoms with Crippen molar-refractivity contribution >= 4 is 26.7 Å². The van der Waals surface area contributed by atoms with Crippen molar-refractivity contribution < 1.29 is 95.4 Å². The molecule has 0 aliphatic heterocycles. The minimum absolute atomic E-state index is 0. The fourth-order valence-corrected chi connectivity index (χ4v) is 7.97. The fraction of sp³-hybridized carbons (Fsp3) is 0.286. The van der Waals surface area contributed by atoms with Crippen LogP contribution >= 0.6 is 14.7 Å². The number of rotatable bonds is 10. The third kappa shape index (κ3) is 16.2. The molecule has 0 aromatic heterocycles. The van der Waals surface area contributed by atoms with Gasteiger partial charge in [-0.15, -0.1) is 0 Å². The summed E-state index contributed by atoms with van der Waals surface area (Å²) in [5.41, 5.74) is 12.8. The van der Waals surface area contributed by atoms with Gasteiger partial charge in [-0.25, -0.2) is 8.78 Å². The molecule has 0 aliphatic rings. The smallest absolute Gasteiger partial charge is 0.550 e. The van der Waals surface area contributed by atoms with Crippen molar-refractivity contribution in [1.82, 2.24) is 0 Å². The van der Waals surface area contributed by atoms with Crippen LogP contribution in [-0.2, 0) is 18.7 Å². The SMILES string of the molecule is Cc1cc(C)c(C#CP(=O)(O)C[C@@H](O)CC(=O)[O-])c(-c2ccc(F)c(C)c2)c1.Cc1cc(C)c(C#CP(=O)(O)C[C@@H](O)CC(=O)[O-])c(-c2ccc(F)c(C)c2)c1.[Li+].[Li+]. The summed E-state index contributed by atoms with van der Waals surface area (Å²) in [7, 11) is -8.19. The number of hydrogen-bond donors (Lipinski definition) is 4. The molecule has 296 valence electrons. The van der Waals surface area contributed by atoms with E-state index in [1.165, 1.54) is 12.1 Å². The minimum Gasteiger partial charge on any atom is -0.550 e. The summed E-state index contributed by atoms with van der Waals surface area (Å²) in [6.07, 6.45) is -5.85. The second kappa shape index (κ2) is 22.6. The molecular formula is C42H42F2Li2O10P2. The molecule has 4 aromatic rings. The third-order valence-corrected chi connectivity index (χ3v) is 11.1. The molecule has 0 aliphatic carbocycles. The number of carboxylic acids is 2. The second-order valence-electron chi connectivity index (χ2n) is 13.6. The van der Waals surface area contributed by atoms with E-state index in [1.54, 1.807) is 38.1 Å². The zero-order valence-electron chi connectivity index (χ0n) is 33.6. The Bertz CT molecular complexity index is 2220.